The molecular formula is C16H17N. The zero-order valence-electron chi connectivity index (χ0n) is 9.89. The van der Waals surface area contributed by atoms with Gasteiger partial charge in [0.25, 0.3) is 0 Å². The van der Waals surface area contributed by atoms with Crippen molar-refractivity contribution in [3.05, 3.63) is 77.9 Å². The Morgan fingerprint density at radius 1 is 0.882 bits per heavy atom. The maximum atomic E-state index is 5.97. The van der Waals surface area contributed by atoms with Crippen LogP contribution in [0.4, 0.5) is 5.69 Å². The quantitative estimate of drug-likeness (QED) is 0.622. The van der Waals surface area contributed by atoms with Gasteiger partial charge >= 0.3 is 0 Å². The molecular weight excluding hydrogens is 206 g/mol. The van der Waals surface area contributed by atoms with Crippen molar-refractivity contribution >= 4 is 5.69 Å². The summed E-state index contributed by atoms with van der Waals surface area (Å²) in [6.45, 7) is 3.80. The molecule has 86 valence electrons. The van der Waals surface area contributed by atoms with Crippen LogP contribution in [0.1, 0.15) is 16.7 Å². The average molecular weight is 223 g/mol. The molecule has 2 aromatic carbocycles. The molecule has 1 heteroatoms. The molecule has 0 saturated heterocycles. The van der Waals surface area contributed by atoms with Crippen molar-refractivity contribution < 1.29 is 0 Å². The minimum Gasteiger partial charge on any atom is -0.398 e. The molecule has 0 unspecified atom stereocenters. The van der Waals surface area contributed by atoms with Gasteiger partial charge in [0.1, 0.15) is 0 Å². The summed E-state index contributed by atoms with van der Waals surface area (Å²) in [7, 11) is 0. The highest BCUT2D eigenvalue weighted by atomic mass is 14.6. The van der Waals surface area contributed by atoms with E-state index in [-0.39, 0.29) is 0 Å². The fourth-order valence-corrected chi connectivity index (χ4v) is 1.98. The highest BCUT2D eigenvalue weighted by molar-refractivity contribution is 5.49. The average Bonchev–Trinajstić information content (AvgIpc) is 2.35. The Morgan fingerprint density at radius 3 is 2.12 bits per heavy atom. The number of nitrogen functional groups attached to an aromatic ring is 1. The molecule has 0 bridgehead atoms. The van der Waals surface area contributed by atoms with Crippen LogP contribution in [0.5, 0.6) is 0 Å². The second kappa shape index (κ2) is 5.35. The van der Waals surface area contributed by atoms with Gasteiger partial charge in [-0.3, -0.25) is 0 Å². The van der Waals surface area contributed by atoms with Crippen molar-refractivity contribution in [2.75, 3.05) is 5.73 Å². The molecule has 17 heavy (non-hydrogen) atoms. The Labute approximate surface area is 103 Å². The molecule has 0 aliphatic heterocycles. The number of benzene rings is 2. The summed E-state index contributed by atoms with van der Waals surface area (Å²) in [5.74, 6) is 0. The largest absolute Gasteiger partial charge is 0.398 e. The predicted molar refractivity (Wildman–Crippen MR) is 74.0 cm³/mol. The van der Waals surface area contributed by atoms with Crippen LogP contribution in [0.2, 0.25) is 0 Å². The van der Waals surface area contributed by atoms with Gasteiger partial charge in [-0.2, -0.15) is 0 Å². The van der Waals surface area contributed by atoms with E-state index in [2.05, 4.69) is 36.9 Å². The SMILES string of the molecule is C=CCc1ccccc1Cc1ccccc1N. The highest BCUT2D eigenvalue weighted by Crippen LogP contribution is 2.19. The Hall–Kier alpha value is -2.02. The lowest BCUT2D eigenvalue weighted by atomic mass is 9.97. The minimum atomic E-state index is 0.862. The monoisotopic (exact) mass is 223 g/mol. The molecule has 0 aliphatic rings. The van der Waals surface area contributed by atoms with E-state index < -0.39 is 0 Å². The number of allylic oxidation sites excluding steroid dienone is 1. The molecule has 0 radical (unpaired) electrons. The third-order valence-corrected chi connectivity index (χ3v) is 2.92. The lowest BCUT2D eigenvalue weighted by molar-refractivity contribution is 1.12. The van der Waals surface area contributed by atoms with Crippen LogP contribution in [0.15, 0.2) is 61.2 Å². The number of anilines is 1. The first kappa shape index (κ1) is 11.5. The molecule has 0 amide bonds. The van der Waals surface area contributed by atoms with Gasteiger partial charge in [-0.05, 0) is 35.6 Å². The van der Waals surface area contributed by atoms with Crippen molar-refractivity contribution in [2.24, 2.45) is 0 Å². The highest BCUT2D eigenvalue weighted by Gasteiger charge is 2.03. The molecule has 1 nitrogen and oxygen atoms in total. The van der Waals surface area contributed by atoms with Gasteiger partial charge in [-0.1, -0.05) is 48.5 Å². The van der Waals surface area contributed by atoms with Gasteiger partial charge in [-0.15, -0.1) is 6.58 Å². The van der Waals surface area contributed by atoms with Crippen LogP contribution < -0.4 is 5.73 Å². The van der Waals surface area contributed by atoms with Crippen LogP contribution in [0.25, 0.3) is 0 Å². The van der Waals surface area contributed by atoms with Gasteiger partial charge in [0, 0.05) is 5.69 Å². The summed E-state index contributed by atoms with van der Waals surface area (Å²) < 4.78 is 0. The number of rotatable bonds is 4. The van der Waals surface area contributed by atoms with Crippen molar-refractivity contribution in [1.82, 2.24) is 0 Å². The maximum absolute atomic E-state index is 5.97. The summed E-state index contributed by atoms with van der Waals surface area (Å²) in [5, 5.41) is 0. The summed E-state index contributed by atoms with van der Waals surface area (Å²) in [6.07, 6.45) is 3.73. The van der Waals surface area contributed by atoms with Gasteiger partial charge in [0.05, 0.1) is 0 Å². The third kappa shape index (κ3) is 2.76. The number of nitrogens with two attached hydrogens (primary N) is 1. The van der Waals surface area contributed by atoms with Crippen molar-refractivity contribution in [1.29, 1.82) is 0 Å². The zero-order chi connectivity index (χ0) is 12.1. The van der Waals surface area contributed by atoms with E-state index >= 15 is 0 Å². The van der Waals surface area contributed by atoms with E-state index in [1.807, 2.05) is 24.3 Å². The zero-order valence-corrected chi connectivity index (χ0v) is 9.89. The van der Waals surface area contributed by atoms with E-state index in [4.69, 9.17) is 5.73 Å². The molecule has 2 N–H and O–H groups in total. The van der Waals surface area contributed by atoms with Crippen LogP contribution in [-0.2, 0) is 12.8 Å². The first-order chi connectivity index (χ1) is 8.31. The molecule has 0 fully saturated rings. The van der Waals surface area contributed by atoms with Crippen LogP contribution in [-0.4, -0.2) is 0 Å². The lowest BCUT2D eigenvalue weighted by Crippen LogP contribution is -1.98. The van der Waals surface area contributed by atoms with Crippen molar-refractivity contribution in [3.63, 3.8) is 0 Å². The Kier molecular flexibility index (Phi) is 3.61. The van der Waals surface area contributed by atoms with Crippen molar-refractivity contribution in [2.45, 2.75) is 12.8 Å². The normalized spacial score (nSPS) is 10.1. The fraction of sp³-hybridized carbons (Fsp3) is 0.125. The maximum Gasteiger partial charge on any atom is 0.0349 e. The first-order valence-corrected chi connectivity index (χ1v) is 5.82. The van der Waals surface area contributed by atoms with Crippen LogP contribution >= 0.6 is 0 Å². The summed E-state index contributed by atoms with van der Waals surface area (Å²) in [6, 6.07) is 16.5. The molecule has 2 aromatic rings. The van der Waals surface area contributed by atoms with Gasteiger partial charge in [0.15, 0.2) is 0 Å². The second-order valence-corrected chi connectivity index (χ2v) is 4.14. The first-order valence-electron chi connectivity index (χ1n) is 5.82. The molecule has 0 spiro atoms. The molecule has 0 saturated carbocycles. The number of hydrogen-bond donors (Lipinski definition) is 1. The van der Waals surface area contributed by atoms with Crippen LogP contribution in [0.3, 0.4) is 0 Å². The Balaban J connectivity index is 2.30. The van der Waals surface area contributed by atoms with E-state index in [0.717, 1.165) is 18.5 Å². The Bertz CT molecular complexity index is 514. The smallest absolute Gasteiger partial charge is 0.0349 e. The summed E-state index contributed by atoms with van der Waals surface area (Å²) in [5.41, 5.74) is 10.7. The predicted octanol–water partition coefficient (Wildman–Crippen LogP) is 3.59. The molecule has 0 aliphatic carbocycles. The Morgan fingerprint density at radius 2 is 1.47 bits per heavy atom. The summed E-state index contributed by atoms with van der Waals surface area (Å²) >= 11 is 0. The van der Waals surface area contributed by atoms with E-state index in [0.29, 0.717) is 0 Å². The minimum absolute atomic E-state index is 0.862. The lowest BCUT2D eigenvalue weighted by Gasteiger charge is -2.09. The van der Waals surface area contributed by atoms with Gasteiger partial charge in [0.2, 0.25) is 0 Å². The topological polar surface area (TPSA) is 26.0 Å². The third-order valence-electron chi connectivity index (χ3n) is 2.92. The second-order valence-electron chi connectivity index (χ2n) is 4.14. The van der Waals surface area contributed by atoms with E-state index in [1.54, 1.807) is 0 Å². The van der Waals surface area contributed by atoms with Gasteiger partial charge < -0.3 is 5.73 Å². The number of hydrogen-bond acceptors (Lipinski definition) is 1. The molecule has 0 aromatic heterocycles. The van der Waals surface area contributed by atoms with Gasteiger partial charge in [-0.25, -0.2) is 0 Å². The van der Waals surface area contributed by atoms with E-state index in [1.165, 1.54) is 16.7 Å². The molecule has 0 heterocycles. The van der Waals surface area contributed by atoms with E-state index in [9.17, 15) is 0 Å². The molecule has 0 atom stereocenters. The summed E-state index contributed by atoms with van der Waals surface area (Å²) in [4.78, 5) is 0. The standard InChI is InChI=1S/C16H17N/c1-2-7-13-8-3-4-9-14(13)12-15-10-5-6-11-16(15)17/h2-6,8-11H,1,7,12,17H2. The molecule has 2 rings (SSSR count). The van der Waals surface area contributed by atoms with Crippen molar-refractivity contribution in [3.8, 4) is 0 Å². The fourth-order valence-electron chi connectivity index (χ4n) is 1.98. The van der Waals surface area contributed by atoms with Crippen LogP contribution in [0, 0.1) is 0 Å². The number of para-hydroxylation sites is 1.